The van der Waals surface area contributed by atoms with Crippen molar-refractivity contribution >= 4 is 17.2 Å². The standard InChI is InChI=1S/C14H15Cl/c1-4-11(3)14(15)13(5-2)12-9-7-6-8-10-12/h4-10H,1H2,2-3H3/b13-5-,14-11+. The van der Waals surface area contributed by atoms with E-state index in [0.29, 0.717) is 0 Å². The normalized spacial score (nSPS) is 13.4. The average molecular weight is 219 g/mol. The molecule has 0 aliphatic rings. The number of hydrogen-bond acceptors (Lipinski definition) is 0. The number of halogens is 1. The SMILES string of the molecule is C=C/C(C)=C(Cl)\C(=C/C)c1ccccc1. The summed E-state index contributed by atoms with van der Waals surface area (Å²) in [5, 5.41) is 0.763. The maximum Gasteiger partial charge on any atom is 0.0510 e. The first-order valence-corrected chi connectivity index (χ1v) is 5.29. The van der Waals surface area contributed by atoms with Gasteiger partial charge in [0.1, 0.15) is 0 Å². The van der Waals surface area contributed by atoms with Crippen LogP contribution in [-0.4, -0.2) is 0 Å². The van der Waals surface area contributed by atoms with E-state index in [4.69, 9.17) is 11.6 Å². The molecule has 1 aromatic carbocycles. The highest BCUT2D eigenvalue weighted by molar-refractivity contribution is 6.37. The summed E-state index contributed by atoms with van der Waals surface area (Å²) in [6.45, 7) is 7.67. The van der Waals surface area contributed by atoms with Crippen LogP contribution in [0.1, 0.15) is 19.4 Å². The quantitative estimate of drug-likeness (QED) is 0.640. The summed E-state index contributed by atoms with van der Waals surface area (Å²) in [7, 11) is 0. The fourth-order valence-electron chi connectivity index (χ4n) is 1.34. The highest BCUT2D eigenvalue weighted by Crippen LogP contribution is 2.28. The van der Waals surface area contributed by atoms with Crippen molar-refractivity contribution in [3.05, 3.63) is 65.2 Å². The van der Waals surface area contributed by atoms with Crippen LogP contribution in [-0.2, 0) is 0 Å². The summed E-state index contributed by atoms with van der Waals surface area (Å²) >= 11 is 6.27. The molecule has 0 nitrogen and oxygen atoms in total. The number of benzene rings is 1. The number of rotatable bonds is 3. The minimum Gasteiger partial charge on any atom is -0.0987 e. The van der Waals surface area contributed by atoms with Crippen LogP contribution in [0.25, 0.3) is 5.57 Å². The maximum absolute atomic E-state index is 6.27. The molecule has 0 heterocycles. The van der Waals surface area contributed by atoms with E-state index in [1.165, 1.54) is 0 Å². The van der Waals surface area contributed by atoms with Gasteiger partial charge in [-0.2, -0.15) is 0 Å². The maximum atomic E-state index is 6.27. The molecule has 0 fully saturated rings. The fourth-order valence-corrected chi connectivity index (χ4v) is 1.64. The molecule has 0 saturated heterocycles. The summed E-state index contributed by atoms with van der Waals surface area (Å²) in [5.74, 6) is 0. The van der Waals surface area contributed by atoms with Crippen molar-refractivity contribution in [2.24, 2.45) is 0 Å². The summed E-state index contributed by atoms with van der Waals surface area (Å²) < 4.78 is 0. The Hall–Kier alpha value is -1.27. The van der Waals surface area contributed by atoms with Gasteiger partial charge in [0.05, 0.1) is 5.03 Å². The molecular formula is C14H15Cl. The molecule has 0 amide bonds. The predicted molar refractivity (Wildman–Crippen MR) is 68.8 cm³/mol. The van der Waals surface area contributed by atoms with Gasteiger partial charge >= 0.3 is 0 Å². The highest BCUT2D eigenvalue weighted by Gasteiger charge is 2.05. The van der Waals surface area contributed by atoms with Gasteiger partial charge in [-0.05, 0) is 30.6 Å². The van der Waals surface area contributed by atoms with Crippen LogP contribution in [0, 0.1) is 0 Å². The van der Waals surface area contributed by atoms with Crippen LogP contribution < -0.4 is 0 Å². The molecule has 15 heavy (non-hydrogen) atoms. The third kappa shape index (κ3) is 2.84. The first kappa shape index (κ1) is 11.8. The minimum atomic E-state index is 0.763. The Morgan fingerprint density at radius 1 is 1.27 bits per heavy atom. The highest BCUT2D eigenvalue weighted by atomic mass is 35.5. The van der Waals surface area contributed by atoms with Crippen LogP contribution in [0.3, 0.4) is 0 Å². The largest absolute Gasteiger partial charge is 0.0987 e. The van der Waals surface area contributed by atoms with E-state index in [0.717, 1.165) is 21.7 Å². The van der Waals surface area contributed by atoms with Crippen molar-refractivity contribution < 1.29 is 0 Å². The van der Waals surface area contributed by atoms with Crippen LogP contribution in [0.2, 0.25) is 0 Å². The van der Waals surface area contributed by atoms with Gasteiger partial charge in [0.2, 0.25) is 0 Å². The van der Waals surface area contributed by atoms with Gasteiger partial charge in [-0.3, -0.25) is 0 Å². The Balaban J connectivity index is 3.18. The van der Waals surface area contributed by atoms with Crippen LogP contribution in [0.4, 0.5) is 0 Å². The Morgan fingerprint density at radius 3 is 2.33 bits per heavy atom. The van der Waals surface area contributed by atoms with Crippen molar-refractivity contribution in [3.63, 3.8) is 0 Å². The molecule has 0 atom stereocenters. The molecular weight excluding hydrogens is 204 g/mol. The molecule has 1 heteroatoms. The third-order valence-electron chi connectivity index (χ3n) is 2.26. The van der Waals surface area contributed by atoms with E-state index in [1.807, 2.05) is 50.3 Å². The predicted octanol–water partition coefficient (Wildman–Crippen LogP) is 4.79. The Labute approximate surface area is 96.6 Å². The molecule has 0 aliphatic heterocycles. The van der Waals surface area contributed by atoms with Crippen LogP contribution >= 0.6 is 11.6 Å². The van der Waals surface area contributed by atoms with Gasteiger partial charge in [-0.15, -0.1) is 0 Å². The molecule has 1 aromatic rings. The van der Waals surface area contributed by atoms with E-state index >= 15 is 0 Å². The molecule has 78 valence electrons. The molecule has 0 aliphatic carbocycles. The fraction of sp³-hybridized carbons (Fsp3) is 0.143. The van der Waals surface area contributed by atoms with Gasteiger partial charge in [0.15, 0.2) is 0 Å². The van der Waals surface area contributed by atoms with Gasteiger partial charge in [0, 0.05) is 0 Å². The van der Waals surface area contributed by atoms with E-state index < -0.39 is 0 Å². The summed E-state index contributed by atoms with van der Waals surface area (Å²) in [6, 6.07) is 10.1. The molecule has 1 rings (SSSR count). The zero-order valence-electron chi connectivity index (χ0n) is 9.13. The smallest absolute Gasteiger partial charge is 0.0510 e. The van der Waals surface area contributed by atoms with Crippen molar-refractivity contribution in [2.75, 3.05) is 0 Å². The zero-order chi connectivity index (χ0) is 11.3. The Morgan fingerprint density at radius 2 is 1.87 bits per heavy atom. The van der Waals surface area contributed by atoms with E-state index in [1.54, 1.807) is 6.08 Å². The van der Waals surface area contributed by atoms with Crippen molar-refractivity contribution in [1.29, 1.82) is 0 Å². The summed E-state index contributed by atoms with van der Waals surface area (Å²) in [5.41, 5.74) is 3.18. The van der Waals surface area contributed by atoms with Gasteiger partial charge in [0.25, 0.3) is 0 Å². The average Bonchev–Trinajstić information content (AvgIpc) is 2.30. The van der Waals surface area contributed by atoms with Crippen molar-refractivity contribution in [1.82, 2.24) is 0 Å². The third-order valence-corrected chi connectivity index (χ3v) is 2.76. The van der Waals surface area contributed by atoms with Crippen LogP contribution in [0.15, 0.2) is 59.7 Å². The van der Waals surface area contributed by atoms with Gasteiger partial charge < -0.3 is 0 Å². The van der Waals surface area contributed by atoms with Crippen molar-refractivity contribution in [3.8, 4) is 0 Å². The second kappa shape index (κ2) is 5.57. The Kier molecular flexibility index (Phi) is 4.38. The number of allylic oxidation sites excluding steroid dienone is 5. The molecule has 0 bridgehead atoms. The van der Waals surface area contributed by atoms with Crippen molar-refractivity contribution in [2.45, 2.75) is 13.8 Å². The van der Waals surface area contributed by atoms with Gasteiger partial charge in [-0.1, -0.05) is 60.7 Å². The molecule has 0 radical (unpaired) electrons. The van der Waals surface area contributed by atoms with E-state index in [2.05, 4.69) is 6.58 Å². The monoisotopic (exact) mass is 218 g/mol. The van der Waals surface area contributed by atoms with E-state index in [-0.39, 0.29) is 0 Å². The van der Waals surface area contributed by atoms with Gasteiger partial charge in [-0.25, -0.2) is 0 Å². The molecule has 0 spiro atoms. The number of hydrogen-bond donors (Lipinski definition) is 0. The summed E-state index contributed by atoms with van der Waals surface area (Å²) in [4.78, 5) is 0. The Bertz CT molecular complexity index is 397. The van der Waals surface area contributed by atoms with Crippen LogP contribution in [0.5, 0.6) is 0 Å². The minimum absolute atomic E-state index is 0.763. The zero-order valence-corrected chi connectivity index (χ0v) is 9.88. The van der Waals surface area contributed by atoms with E-state index in [9.17, 15) is 0 Å². The lowest BCUT2D eigenvalue weighted by Gasteiger charge is -2.07. The molecule has 0 aromatic heterocycles. The first-order valence-electron chi connectivity index (χ1n) is 4.91. The first-order chi connectivity index (χ1) is 7.20. The second-order valence-corrected chi connectivity index (χ2v) is 3.65. The second-order valence-electron chi connectivity index (χ2n) is 3.27. The molecule has 0 N–H and O–H groups in total. The molecule has 0 unspecified atom stereocenters. The molecule has 0 saturated carbocycles. The topological polar surface area (TPSA) is 0 Å². The summed E-state index contributed by atoms with van der Waals surface area (Å²) in [6.07, 6.45) is 3.79. The lowest BCUT2D eigenvalue weighted by molar-refractivity contribution is 1.49. The lowest BCUT2D eigenvalue weighted by Crippen LogP contribution is -1.86. The lowest BCUT2D eigenvalue weighted by atomic mass is 10.0.